The molecule has 1 N–H and O–H groups in total. The summed E-state index contributed by atoms with van der Waals surface area (Å²) in [5.74, 6) is 0.280. The summed E-state index contributed by atoms with van der Waals surface area (Å²) >= 11 is 7.59. The highest BCUT2D eigenvalue weighted by Crippen LogP contribution is 2.33. The monoisotopic (exact) mass is 408 g/mol. The van der Waals surface area contributed by atoms with Gasteiger partial charge < -0.3 is 4.74 Å². The van der Waals surface area contributed by atoms with Crippen molar-refractivity contribution >= 4 is 38.6 Å². The Morgan fingerprint density at radius 3 is 2.65 bits per heavy atom. The summed E-state index contributed by atoms with van der Waals surface area (Å²) in [7, 11) is -3.90. The van der Waals surface area contributed by atoms with Gasteiger partial charge in [0.05, 0.1) is 28.0 Å². The maximum atomic E-state index is 13.0. The molecule has 0 fully saturated rings. The number of anilines is 1. The largest absolute Gasteiger partial charge is 0.492 e. The van der Waals surface area contributed by atoms with Crippen LogP contribution in [-0.4, -0.2) is 20.0 Å². The first-order valence-electron chi connectivity index (χ1n) is 7.87. The van der Waals surface area contributed by atoms with Gasteiger partial charge in [-0.25, -0.2) is 13.4 Å². The maximum Gasteiger partial charge on any atom is 0.265 e. The van der Waals surface area contributed by atoms with Crippen molar-refractivity contribution in [2.24, 2.45) is 0 Å². The Kier molecular flexibility index (Phi) is 5.50. The third-order valence-electron chi connectivity index (χ3n) is 3.57. The molecule has 3 aromatic rings. The van der Waals surface area contributed by atoms with Crippen molar-refractivity contribution in [1.29, 1.82) is 0 Å². The molecule has 8 heteroatoms. The van der Waals surface area contributed by atoms with Crippen LogP contribution in [0.1, 0.15) is 11.9 Å². The van der Waals surface area contributed by atoms with E-state index < -0.39 is 10.0 Å². The Morgan fingerprint density at radius 1 is 1.23 bits per heavy atom. The minimum atomic E-state index is -3.90. The van der Waals surface area contributed by atoms with E-state index in [-0.39, 0.29) is 10.6 Å². The summed E-state index contributed by atoms with van der Waals surface area (Å²) in [5.41, 5.74) is 1.74. The number of aromatic nitrogens is 1. The Labute approximate surface area is 161 Å². The molecular weight excluding hydrogens is 392 g/mol. The standard InChI is InChI=1S/C18H17ClN2O3S2/c1-3-24-17-9-8-13(16-11-25-12(2)20-16)10-18(17)26(22,23)21-15-7-5-4-6-14(15)19/h4-11,21H,3H2,1-2H3. The second-order valence-electron chi connectivity index (χ2n) is 5.43. The number of thiazole rings is 1. The first-order chi connectivity index (χ1) is 12.4. The molecule has 0 unspecified atom stereocenters. The van der Waals surface area contributed by atoms with Crippen molar-refractivity contribution in [2.45, 2.75) is 18.7 Å². The van der Waals surface area contributed by atoms with Crippen LogP contribution < -0.4 is 9.46 Å². The molecule has 0 spiro atoms. The highest BCUT2D eigenvalue weighted by molar-refractivity contribution is 7.92. The lowest BCUT2D eigenvalue weighted by Crippen LogP contribution is -2.15. The van der Waals surface area contributed by atoms with E-state index in [1.165, 1.54) is 11.3 Å². The molecule has 5 nitrogen and oxygen atoms in total. The number of nitrogens with zero attached hydrogens (tertiary/aromatic N) is 1. The molecule has 2 aromatic carbocycles. The Balaban J connectivity index is 2.06. The third-order valence-corrected chi connectivity index (χ3v) is 6.06. The summed E-state index contributed by atoms with van der Waals surface area (Å²) in [4.78, 5) is 4.46. The molecule has 0 atom stereocenters. The Bertz CT molecular complexity index is 1030. The zero-order valence-electron chi connectivity index (χ0n) is 14.2. The van der Waals surface area contributed by atoms with Crippen molar-refractivity contribution in [3.63, 3.8) is 0 Å². The van der Waals surface area contributed by atoms with Crippen LogP contribution in [0.4, 0.5) is 5.69 Å². The quantitative estimate of drug-likeness (QED) is 0.625. The fourth-order valence-corrected chi connectivity index (χ4v) is 4.50. The minimum Gasteiger partial charge on any atom is -0.492 e. The van der Waals surface area contributed by atoms with Gasteiger partial charge in [-0.15, -0.1) is 11.3 Å². The number of ether oxygens (including phenoxy) is 1. The molecule has 0 aliphatic heterocycles. The van der Waals surface area contributed by atoms with Gasteiger partial charge in [-0.2, -0.15) is 0 Å². The van der Waals surface area contributed by atoms with Crippen LogP contribution in [0.25, 0.3) is 11.3 Å². The molecule has 0 aliphatic rings. The van der Waals surface area contributed by atoms with Crippen molar-refractivity contribution < 1.29 is 13.2 Å². The van der Waals surface area contributed by atoms with Gasteiger partial charge in [-0.3, -0.25) is 4.72 Å². The van der Waals surface area contributed by atoms with Gasteiger partial charge in [0.2, 0.25) is 0 Å². The predicted molar refractivity (Wildman–Crippen MR) is 106 cm³/mol. The van der Waals surface area contributed by atoms with Gasteiger partial charge in [0.1, 0.15) is 10.6 Å². The van der Waals surface area contributed by atoms with Gasteiger partial charge in [-0.05, 0) is 44.2 Å². The predicted octanol–water partition coefficient (Wildman–Crippen LogP) is 4.97. The first kappa shape index (κ1) is 18.7. The van der Waals surface area contributed by atoms with Crippen LogP contribution in [0.5, 0.6) is 5.75 Å². The van der Waals surface area contributed by atoms with Gasteiger partial charge in [0.15, 0.2) is 0 Å². The SMILES string of the molecule is CCOc1ccc(-c2csc(C)n2)cc1S(=O)(=O)Nc1ccccc1Cl. The molecule has 1 heterocycles. The molecule has 0 saturated heterocycles. The Morgan fingerprint density at radius 2 is 2.00 bits per heavy atom. The van der Waals surface area contributed by atoms with Crippen molar-refractivity contribution in [3.05, 3.63) is 57.9 Å². The number of benzene rings is 2. The molecule has 0 saturated carbocycles. The third kappa shape index (κ3) is 4.00. The summed E-state index contributed by atoms with van der Waals surface area (Å²) in [6.07, 6.45) is 0. The smallest absolute Gasteiger partial charge is 0.265 e. The molecule has 26 heavy (non-hydrogen) atoms. The topological polar surface area (TPSA) is 68.3 Å². The molecule has 136 valence electrons. The van der Waals surface area contributed by atoms with Crippen molar-refractivity contribution in [1.82, 2.24) is 4.98 Å². The van der Waals surface area contributed by atoms with Gasteiger partial charge >= 0.3 is 0 Å². The van der Waals surface area contributed by atoms with E-state index in [0.29, 0.717) is 22.9 Å². The van der Waals surface area contributed by atoms with Gasteiger partial charge in [0, 0.05) is 10.9 Å². The highest BCUT2D eigenvalue weighted by atomic mass is 35.5. The molecule has 0 radical (unpaired) electrons. The summed E-state index contributed by atoms with van der Waals surface area (Å²) in [6, 6.07) is 11.7. The lowest BCUT2D eigenvalue weighted by Gasteiger charge is -2.14. The maximum absolute atomic E-state index is 13.0. The average Bonchev–Trinajstić information content (AvgIpc) is 3.04. The van der Waals surface area contributed by atoms with Crippen LogP contribution in [0.3, 0.4) is 0 Å². The highest BCUT2D eigenvalue weighted by Gasteiger charge is 2.22. The zero-order chi connectivity index (χ0) is 18.7. The van der Waals surface area contributed by atoms with E-state index in [1.807, 2.05) is 12.3 Å². The average molecular weight is 409 g/mol. The Hall–Kier alpha value is -2.09. The van der Waals surface area contributed by atoms with Crippen LogP contribution >= 0.6 is 22.9 Å². The second-order valence-corrected chi connectivity index (χ2v) is 8.55. The fraction of sp³-hybridized carbons (Fsp3) is 0.167. The van der Waals surface area contributed by atoms with Crippen LogP contribution in [0, 0.1) is 6.92 Å². The summed E-state index contributed by atoms with van der Waals surface area (Å²) < 4.78 is 34.0. The lowest BCUT2D eigenvalue weighted by atomic mass is 10.2. The number of para-hydroxylation sites is 1. The number of hydrogen-bond acceptors (Lipinski definition) is 5. The molecule has 1 aromatic heterocycles. The van der Waals surface area contributed by atoms with Crippen LogP contribution in [0.2, 0.25) is 5.02 Å². The number of aryl methyl sites for hydroxylation is 1. The molecule has 0 bridgehead atoms. The van der Waals surface area contributed by atoms with E-state index in [2.05, 4.69) is 9.71 Å². The lowest BCUT2D eigenvalue weighted by molar-refractivity contribution is 0.331. The molecule has 0 amide bonds. The minimum absolute atomic E-state index is 0.0439. The van der Waals surface area contributed by atoms with E-state index in [4.69, 9.17) is 16.3 Å². The van der Waals surface area contributed by atoms with E-state index >= 15 is 0 Å². The molecule has 0 aliphatic carbocycles. The second kappa shape index (κ2) is 7.65. The van der Waals surface area contributed by atoms with Crippen molar-refractivity contribution in [2.75, 3.05) is 11.3 Å². The zero-order valence-corrected chi connectivity index (χ0v) is 16.6. The summed E-state index contributed by atoms with van der Waals surface area (Å²) in [6.45, 7) is 4.05. The van der Waals surface area contributed by atoms with Crippen LogP contribution in [0.15, 0.2) is 52.7 Å². The van der Waals surface area contributed by atoms with Gasteiger partial charge in [-0.1, -0.05) is 23.7 Å². The number of hydrogen-bond donors (Lipinski definition) is 1. The number of halogens is 1. The van der Waals surface area contributed by atoms with Crippen LogP contribution in [-0.2, 0) is 10.0 Å². The van der Waals surface area contributed by atoms with Crippen molar-refractivity contribution in [3.8, 4) is 17.0 Å². The number of nitrogens with one attached hydrogen (secondary N) is 1. The van der Waals surface area contributed by atoms with E-state index in [1.54, 1.807) is 49.4 Å². The fourth-order valence-electron chi connectivity index (χ4n) is 2.39. The van der Waals surface area contributed by atoms with Gasteiger partial charge in [0.25, 0.3) is 10.0 Å². The normalized spacial score (nSPS) is 11.3. The first-order valence-corrected chi connectivity index (χ1v) is 10.6. The molecular formula is C18H17ClN2O3S2. The van der Waals surface area contributed by atoms with E-state index in [9.17, 15) is 8.42 Å². The van der Waals surface area contributed by atoms with E-state index in [0.717, 1.165) is 10.7 Å². The molecule has 3 rings (SSSR count). The summed E-state index contributed by atoms with van der Waals surface area (Å²) in [5, 5.41) is 3.12. The number of rotatable bonds is 6. The number of sulfonamides is 1.